The van der Waals surface area contributed by atoms with E-state index < -0.39 is 12.1 Å². The summed E-state index contributed by atoms with van der Waals surface area (Å²) in [4.78, 5) is 47.4. The first-order chi connectivity index (χ1) is 20.1. The van der Waals surface area contributed by atoms with Crippen LogP contribution in [-0.4, -0.2) is 84.7 Å². The molecule has 1 aliphatic carbocycles. The standard InChI is InChI=1S/C30H38ClN5O6/c1-5-41-15-14-36(4)30(40)20-10-12-23-22(16-20)25(26(42-23)28(38)33-24-13-11-21(31)17-32-24)34-27(37)18-6-8-19(9-7-18)29(39)35(2)3/h10-13,16-19,29,39H,5-9,14-15H2,1-4H3,(H,34,37)(H,32,33,38)/t18-,19-,29?. The summed E-state index contributed by atoms with van der Waals surface area (Å²) in [6.07, 6.45) is 3.44. The molecule has 1 saturated carbocycles. The average molecular weight is 600 g/mol. The van der Waals surface area contributed by atoms with Crippen molar-refractivity contribution in [3.05, 3.63) is 52.9 Å². The van der Waals surface area contributed by atoms with Crippen molar-refractivity contribution in [1.29, 1.82) is 0 Å². The number of halogens is 1. The molecule has 226 valence electrons. The van der Waals surface area contributed by atoms with Crippen LogP contribution < -0.4 is 10.6 Å². The zero-order chi connectivity index (χ0) is 30.4. The molecule has 1 unspecified atom stereocenters. The van der Waals surface area contributed by atoms with Crippen molar-refractivity contribution in [3.8, 4) is 0 Å². The molecule has 42 heavy (non-hydrogen) atoms. The normalized spacial score (nSPS) is 17.7. The topological polar surface area (TPSA) is 137 Å². The number of pyridine rings is 1. The van der Waals surface area contributed by atoms with E-state index in [-0.39, 0.29) is 40.9 Å². The Labute approximate surface area is 250 Å². The highest BCUT2D eigenvalue weighted by atomic mass is 35.5. The van der Waals surface area contributed by atoms with E-state index in [0.29, 0.717) is 67.0 Å². The highest BCUT2D eigenvalue weighted by molar-refractivity contribution is 6.30. The van der Waals surface area contributed by atoms with Crippen molar-refractivity contribution in [2.75, 3.05) is 51.5 Å². The molecule has 1 aliphatic rings. The number of carbonyl (C=O) groups excluding carboxylic acids is 3. The summed E-state index contributed by atoms with van der Waals surface area (Å²) < 4.78 is 11.3. The number of nitrogens with one attached hydrogen (secondary N) is 2. The smallest absolute Gasteiger partial charge is 0.294 e. The van der Waals surface area contributed by atoms with Crippen LogP contribution in [0.1, 0.15) is 53.5 Å². The summed E-state index contributed by atoms with van der Waals surface area (Å²) in [6.45, 7) is 3.26. The largest absolute Gasteiger partial charge is 0.449 e. The molecule has 0 bridgehead atoms. The number of anilines is 2. The molecular weight excluding hydrogens is 562 g/mol. The van der Waals surface area contributed by atoms with Gasteiger partial charge in [-0.3, -0.25) is 19.3 Å². The Bertz CT molecular complexity index is 1400. The van der Waals surface area contributed by atoms with Gasteiger partial charge in [-0.25, -0.2) is 4.98 Å². The molecule has 0 aliphatic heterocycles. The molecule has 4 rings (SSSR count). The molecule has 1 fully saturated rings. The summed E-state index contributed by atoms with van der Waals surface area (Å²) in [5.41, 5.74) is 0.900. The van der Waals surface area contributed by atoms with E-state index in [1.165, 1.54) is 6.20 Å². The Morgan fingerprint density at radius 3 is 2.50 bits per heavy atom. The highest BCUT2D eigenvalue weighted by Crippen LogP contribution is 2.36. The fraction of sp³-hybridized carbons (Fsp3) is 0.467. The molecule has 2 heterocycles. The van der Waals surface area contributed by atoms with Crippen molar-refractivity contribution in [1.82, 2.24) is 14.8 Å². The highest BCUT2D eigenvalue weighted by Gasteiger charge is 2.32. The number of rotatable bonds is 11. The van der Waals surface area contributed by atoms with Gasteiger partial charge in [-0.15, -0.1) is 0 Å². The molecule has 1 aromatic carbocycles. The Hall–Kier alpha value is -3.51. The first-order valence-electron chi connectivity index (χ1n) is 14.1. The van der Waals surface area contributed by atoms with Crippen molar-refractivity contribution in [2.24, 2.45) is 11.8 Å². The van der Waals surface area contributed by atoms with E-state index in [2.05, 4.69) is 15.6 Å². The van der Waals surface area contributed by atoms with Crippen molar-refractivity contribution in [3.63, 3.8) is 0 Å². The SMILES string of the molecule is CCOCCN(C)C(=O)c1ccc2oc(C(=O)Nc3ccc(Cl)cn3)c(NC(=O)[C@H]3CC[C@H](C(O)N(C)C)CC3)c2c1. The number of hydrogen-bond acceptors (Lipinski definition) is 8. The van der Waals surface area contributed by atoms with Crippen LogP contribution in [0.25, 0.3) is 11.0 Å². The van der Waals surface area contributed by atoms with Crippen LogP contribution in [0, 0.1) is 11.8 Å². The lowest BCUT2D eigenvalue weighted by molar-refractivity contribution is -0.122. The van der Waals surface area contributed by atoms with Gasteiger partial charge in [0, 0.05) is 43.3 Å². The van der Waals surface area contributed by atoms with E-state index in [4.69, 9.17) is 20.8 Å². The number of amides is 3. The lowest BCUT2D eigenvalue weighted by Crippen LogP contribution is -2.38. The third kappa shape index (κ3) is 7.46. The van der Waals surface area contributed by atoms with Crippen LogP contribution in [0.2, 0.25) is 5.02 Å². The fourth-order valence-electron chi connectivity index (χ4n) is 5.13. The molecule has 0 spiro atoms. The molecular formula is C30H38ClN5O6. The van der Waals surface area contributed by atoms with Gasteiger partial charge in [0.05, 0.1) is 11.6 Å². The molecule has 2 aromatic heterocycles. The number of aromatic nitrogens is 1. The molecule has 1 atom stereocenters. The molecule has 3 aromatic rings. The number of ether oxygens (including phenoxy) is 1. The number of fused-ring (bicyclic) bond motifs is 1. The van der Waals surface area contributed by atoms with Gasteiger partial charge in [-0.2, -0.15) is 0 Å². The van der Waals surface area contributed by atoms with Gasteiger partial charge in [0.1, 0.15) is 23.3 Å². The van der Waals surface area contributed by atoms with Crippen molar-refractivity contribution >= 4 is 51.8 Å². The number of carbonyl (C=O) groups is 3. The van der Waals surface area contributed by atoms with Crippen LogP contribution in [0.4, 0.5) is 11.5 Å². The van der Waals surface area contributed by atoms with Crippen LogP contribution >= 0.6 is 11.6 Å². The third-order valence-electron chi connectivity index (χ3n) is 7.57. The third-order valence-corrected chi connectivity index (χ3v) is 7.80. The minimum atomic E-state index is -0.615. The molecule has 0 radical (unpaired) electrons. The van der Waals surface area contributed by atoms with Crippen molar-refractivity contribution in [2.45, 2.75) is 38.8 Å². The van der Waals surface area contributed by atoms with E-state index in [1.54, 1.807) is 47.2 Å². The van der Waals surface area contributed by atoms with Gasteiger partial charge < -0.3 is 29.8 Å². The molecule has 11 nitrogen and oxygen atoms in total. The second-order valence-corrected chi connectivity index (χ2v) is 11.2. The Morgan fingerprint density at radius 2 is 1.86 bits per heavy atom. The number of aliphatic hydroxyl groups is 1. The number of nitrogens with zero attached hydrogens (tertiary/aromatic N) is 3. The molecule has 0 saturated heterocycles. The van der Waals surface area contributed by atoms with Gasteiger partial charge in [0.15, 0.2) is 0 Å². The number of benzene rings is 1. The summed E-state index contributed by atoms with van der Waals surface area (Å²) in [5, 5.41) is 16.9. The zero-order valence-electron chi connectivity index (χ0n) is 24.4. The Kier molecular flexibility index (Phi) is 10.6. The minimum Gasteiger partial charge on any atom is -0.449 e. The zero-order valence-corrected chi connectivity index (χ0v) is 25.1. The van der Waals surface area contributed by atoms with Crippen LogP contribution in [0.15, 0.2) is 40.9 Å². The number of likely N-dealkylation sites (N-methyl/N-ethyl adjacent to an activating group) is 1. The Morgan fingerprint density at radius 1 is 1.12 bits per heavy atom. The first-order valence-corrected chi connectivity index (χ1v) is 14.4. The predicted molar refractivity (Wildman–Crippen MR) is 161 cm³/mol. The van der Waals surface area contributed by atoms with Gasteiger partial charge in [0.25, 0.3) is 11.8 Å². The molecule has 12 heteroatoms. The number of furan rings is 1. The van der Waals surface area contributed by atoms with E-state index >= 15 is 0 Å². The summed E-state index contributed by atoms with van der Waals surface area (Å²) in [5.74, 6) is -1.17. The van der Waals surface area contributed by atoms with Crippen LogP contribution in [0.3, 0.4) is 0 Å². The first kappa shape index (κ1) is 31.4. The maximum Gasteiger partial charge on any atom is 0.294 e. The molecule has 3 N–H and O–H groups in total. The van der Waals surface area contributed by atoms with Crippen molar-refractivity contribution < 1.29 is 28.6 Å². The van der Waals surface area contributed by atoms with Gasteiger partial charge in [-0.05, 0) is 83.0 Å². The quantitative estimate of drug-likeness (QED) is 0.217. The minimum absolute atomic E-state index is 0.0836. The lowest BCUT2D eigenvalue weighted by atomic mass is 9.80. The second kappa shape index (κ2) is 14.1. The monoisotopic (exact) mass is 599 g/mol. The predicted octanol–water partition coefficient (Wildman–Crippen LogP) is 4.47. The van der Waals surface area contributed by atoms with E-state index in [0.717, 1.165) is 0 Å². The second-order valence-electron chi connectivity index (χ2n) is 10.7. The summed E-state index contributed by atoms with van der Waals surface area (Å²) >= 11 is 5.92. The van der Waals surface area contributed by atoms with Gasteiger partial charge >= 0.3 is 0 Å². The summed E-state index contributed by atoms with van der Waals surface area (Å²) in [7, 11) is 5.34. The van der Waals surface area contributed by atoms with Gasteiger partial charge in [-0.1, -0.05) is 11.6 Å². The lowest BCUT2D eigenvalue weighted by Gasteiger charge is -2.33. The maximum absolute atomic E-state index is 13.5. The average Bonchev–Trinajstić information content (AvgIpc) is 3.35. The summed E-state index contributed by atoms with van der Waals surface area (Å²) in [6, 6.07) is 8.00. The van der Waals surface area contributed by atoms with Crippen LogP contribution in [0.5, 0.6) is 0 Å². The van der Waals surface area contributed by atoms with E-state index in [9.17, 15) is 19.5 Å². The maximum atomic E-state index is 13.5. The number of hydrogen-bond donors (Lipinski definition) is 3. The Balaban J connectivity index is 1.61. The van der Waals surface area contributed by atoms with E-state index in [1.807, 2.05) is 21.0 Å². The van der Waals surface area contributed by atoms with Crippen LogP contribution in [-0.2, 0) is 9.53 Å². The van der Waals surface area contributed by atoms with Gasteiger partial charge in [0.2, 0.25) is 11.7 Å². The fourth-order valence-corrected chi connectivity index (χ4v) is 5.24. The number of aliphatic hydroxyl groups excluding tert-OH is 1. The molecule has 3 amide bonds.